The lowest BCUT2D eigenvalue weighted by atomic mass is 9.93. The van der Waals surface area contributed by atoms with E-state index in [1.807, 2.05) is 12.1 Å². The average molecular weight is 299 g/mol. The van der Waals surface area contributed by atoms with Gasteiger partial charge in [0.15, 0.2) is 0 Å². The Labute approximate surface area is 121 Å². The summed E-state index contributed by atoms with van der Waals surface area (Å²) in [6, 6.07) is 3.78. The van der Waals surface area contributed by atoms with Gasteiger partial charge < -0.3 is 9.84 Å². The number of rotatable bonds is 3. The molecule has 102 valence electrons. The predicted octanol–water partition coefficient (Wildman–Crippen LogP) is 3.17. The highest BCUT2D eigenvalue weighted by atomic mass is 35.5. The van der Waals surface area contributed by atoms with Gasteiger partial charge in [-0.1, -0.05) is 11.6 Å². The number of carbonyl (C=O) groups is 1. The van der Waals surface area contributed by atoms with Crippen LogP contribution >= 0.6 is 23.4 Å². The largest absolute Gasteiger partial charge is 0.493 e. The van der Waals surface area contributed by atoms with Crippen LogP contribution < -0.4 is 4.74 Å². The maximum absolute atomic E-state index is 11.6. The van der Waals surface area contributed by atoms with Crippen molar-refractivity contribution in [2.75, 3.05) is 12.4 Å². The molecule has 2 aliphatic heterocycles. The van der Waals surface area contributed by atoms with Crippen LogP contribution in [0.3, 0.4) is 0 Å². The summed E-state index contributed by atoms with van der Waals surface area (Å²) in [5.74, 6) is 1.05. The summed E-state index contributed by atoms with van der Waals surface area (Å²) in [5.41, 5.74) is 2.04. The molecule has 1 aromatic rings. The zero-order valence-corrected chi connectivity index (χ0v) is 12.0. The molecule has 1 atom stereocenters. The van der Waals surface area contributed by atoms with E-state index in [0.29, 0.717) is 24.5 Å². The van der Waals surface area contributed by atoms with E-state index in [1.54, 1.807) is 11.8 Å². The molecule has 1 aromatic carbocycles. The Morgan fingerprint density at radius 2 is 2.37 bits per heavy atom. The van der Waals surface area contributed by atoms with Crippen LogP contribution in [-0.2, 0) is 17.6 Å². The van der Waals surface area contributed by atoms with Crippen LogP contribution in [0, 0.1) is 0 Å². The molecule has 0 saturated carbocycles. The number of ether oxygens (including phenoxy) is 1. The number of fused-ring (bicyclic) bond motifs is 1. The molecular formula is C14H15ClO3S. The van der Waals surface area contributed by atoms with Crippen molar-refractivity contribution in [2.24, 2.45) is 0 Å². The normalized spacial score (nSPS) is 25.1. The first-order valence-corrected chi connectivity index (χ1v) is 7.78. The molecule has 1 saturated heterocycles. The highest BCUT2D eigenvalue weighted by molar-refractivity contribution is 8.01. The van der Waals surface area contributed by atoms with Crippen LogP contribution in [0.1, 0.15) is 24.0 Å². The minimum atomic E-state index is -0.721. The molecule has 3 rings (SSSR count). The number of carboxylic acids is 1. The van der Waals surface area contributed by atoms with E-state index in [2.05, 4.69) is 0 Å². The lowest BCUT2D eigenvalue weighted by Gasteiger charge is -2.24. The van der Waals surface area contributed by atoms with Crippen LogP contribution in [0.4, 0.5) is 0 Å². The second-order valence-electron chi connectivity index (χ2n) is 5.08. The Hall–Kier alpha value is -0.870. The third-order valence-electron chi connectivity index (χ3n) is 3.79. The fourth-order valence-corrected chi connectivity index (χ4v) is 4.48. The van der Waals surface area contributed by atoms with Gasteiger partial charge in [-0.2, -0.15) is 0 Å². The zero-order chi connectivity index (χ0) is 13.5. The maximum atomic E-state index is 11.6. The van der Waals surface area contributed by atoms with Crippen molar-refractivity contribution in [3.63, 3.8) is 0 Å². The fourth-order valence-electron chi connectivity index (χ4n) is 2.87. The van der Waals surface area contributed by atoms with E-state index >= 15 is 0 Å². The van der Waals surface area contributed by atoms with E-state index in [9.17, 15) is 9.90 Å². The monoisotopic (exact) mass is 298 g/mol. The van der Waals surface area contributed by atoms with Crippen molar-refractivity contribution < 1.29 is 14.6 Å². The molecule has 19 heavy (non-hydrogen) atoms. The molecule has 5 heteroatoms. The number of hydrogen-bond donors (Lipinski definition) is 1. The molecular weight excluding hydrogens is 284 g/mol. The molecule has 3 nitrogen and oxygen atoms in total. The lowest BCUT2D eigenvalue weighted by Crippen LogP contribution is -2.34. The minimum absolute atomic E-state index is 0.496. The molecule has 0 aliphatic carbocycles. The lowest BCUT2D eigenvalue weighted by molar-refractivity contribution is -0.139. The standard InChI is InChI=1S/C14H15ClO3S/c15-11-6-9-2-4-18-12(9)10(7-11)8-14(13(16)17)3-1-5-19-14/h6-7H,1-5,8H2,(H,16,17). The number of hydrogen-bond acceptors (Lipinski definition) is 3. The van der Waals surface area contributed by atoms with E-state index in [-0.39, 0.29) is 0 Å². The van der Waals surface area contributed by atoms with Crippen molar-refractivity contribution in [3.8, 4) is 5.75 Å². The first kappa shape index (κ1) is 13.1. The van der Waals surface area contributed by atoms with Gasteiger partial charge >= 0.3 is 5.97 Å². The van der Waals surface area contributed by atoms with Gasteiger partial charge in [0.2, 0.25) is 0 Å². The molecule has 0 spiro atoms. The van der Waals surface area contributed by atoms with Gasteiger partial charge in [-0.15, -0.1) is 11.8 Å². The molecule has 2 aliphatic rings. The SMILES string of the molecule is O=C(O)C1(Cc2cc(Cl)cc3c2OCC3)CCCS1. The molecule has 1 fully saturated rings. The van der Waals surface area contributed by atoms with Crippen molar-refractivity contribution in [2.45, 2.75) is 30.4 Å². The Balaban J connectivity index is 1.97. The van der Waals surface area contributed by atoms with E-state index in [0.717, 1.165) is 35.5 Å². The molecule has 1 unspecified atom stereocenters. The molecule has 0 radical (unpaired) electrons. The first-order chi connectivity index (χ1) is 9.11. The van der Waals surface area contributed by atoms with Crippen molar-refractivity contribution >= 4 is 29.3 Å². The summed E-state index contributed by atoms with van der Waals surface area (Å²) in [7, 11) is 0. The highest BCUT2D eigenvalue weighted by Gasteiger charge is 2.43. The second kappa shape index (κ2) is 4.91. The number of aliphatic carboxylic acids is 1. The van der Waals surface area contributed by atoms with Crippen LogP contribution in [0.5, 0.6) is 5.75 Å². The molecule has 0 aromatic heterocycles. The molecule has 0 bridgehead atoms. The van der Waals surface area contributed by atoms with E-state index < -0.39 is 10.7 Å². The quantitative estimate of drug-likeness (QED) is 0.931. The summed E-state index contributed by atoms with van der Waals surface area (Å²) in [6.07, 6.45) is 3.03. The summed E-state index contributed by atoms with van der Waals surface area (Å²) < 4.78 is 4.95. The predicted molar refractivity (Wildman–Crippen MR) is 76.4 cm³/mol. The number of carboxylic acid groups (broad SMARTS) is 1. The third kappa shape index (κ3) is 2.32. The van der Waals surface area contributed by atoms with Crippen molar-refractivity contribution in [1.82, 2.24) is 0 Å². The molecule has 0 amide bonds. The topological polar surface area (TPSA) is 46.5 Å². The number of thioether (sulfide) groups is 1. The van der Waals surface area contributed by atoms with Gasteiger partial charge in [0.1, 0.15) is 10.5 Å². The Morgan fingerprint density at radius 3 is 3.05 bits per heavy atom. The van der Waals surface area contributed by atoms with E-state index in [4.69, 9.17) is 16.3 Å². The smallest absolute Gasteiger partial charge is 0.320 e. The third-order valence-corrected chi connectivity index (χ3v) is 5.58. The summed E-state index contributed by atoms with van der Waals surface area (Å²) >= 11 is 7.68. The van der Waals surface area contributed by atoms with Crippen LogP contribution in [-0.4, -0.2) is 28.2 Å². The number of halogens is 1. The van der Waals surface area contributed by atoms with Crippen molar-refractivity contribution in [1.29, 1.82) is 0 Å². The van der Waals surface area contributed by atoms with Gasteiger partial charge in [0, 0.05) is 17.9 Å². The summed E-state index contributed by atoms with van der Waals surface area (Å²) in [4.78, 5) is 11.6. The van der Waals surface area contributed by atoms with Crippen LogP contribution in [0.2, 0.25) is 5.02 Å². The summed E-state index contributed by atoms with van der Waals surface area (Å²) in [5, 5.41) is 10.2. The minimum Gasteiger partial charge on any atom is -0.493 e. The summed E-state index contributed by atoms with van der Waals surface area (Å²) in [6.45, 7) is 0.663. The van der Waals surface area contributed by atoms with Gasteiger partial charge in [-0.3, -0.25) is 4.79 Å². The Kier molecular flexibility index (Phi) is 3.39. The second-order valence-corrected chi connectivity index (χ2v) is 6.99. The highest BCUT2D eigenvalue weighted by Crippen LogP contribution is 2.44. The average Bonchev–Trinajstić information content (AvgIpc) is 2.97. The van der Waals surface area contributed by atoms with Crippen molar-refractivity contribution in [3.05, 3.63) is 28.3 Å². The van der Waals surface area contributed by atoms with Gasteiger partial charge in [-0.25, -0.2) is 0 Å². The first-order valence-electron chi connectivity index (χ1n) is 6.42. The van der Waals surface area contributed by atoms with Gasteiger partial charge in [0.25, 0.3) is 0 Å². The van der Waals surface area contributed by atoms with E-state index in [1.165, 1.54) is 0 Å². The van der Waals surface area contributed by atoms with Crippen LogP contribution in [0.25, 0.3) is 0 Å². The Morgan fingerprint density at radius 1 is 1.53 bits per heavy atom. The fraction of sp³-hybridized carbons (Fsp3) is 0.500. The Bertz CT molecular complexity index is 524. The zero-order valence-electron chi connectivity index (χ0n) is 10.4. The molecule has 1 N–H and O–H groups in total. The van der Waals surface area contributed by atoms with Gasteiger partial charge in [0.05, 0.1) is 6.61 Å². The number of benzene rings is 1. The van der Waals surface area contributed by atoms with Gasteiger partial charge in [-0.05, 0) is 41.9 Å². The van der Waals surface area contributed by atoms with Crippen LogP contribution in [0.15, 0.2) is 12.1 Å². The molecule has 2 heterocycles. The maximum Gasteiger partial charge on any atom is 0.320 e.